The van der Waals surface area contributed by atoms with Crippen LogP contribution in [0.5, 0.6) is 0 Å². The third-order valence-electron chi connectivity index (χ3n) is 2.29. The lowest BCUT2D eigenvalue weighted by Gasteiger charge is -2.24. The molecular weight excluding hydrogens is 166 g/mol. The first-order chi connectivity index (χ1) is 6.29. The third-order valence-corrected chi connectivity index (χ3v) is 2.29. The molecule has 1 heterocycles. The number of likely N-dealkylation sites (tertiary alicyclic amines) is 1. The van der Waals surface area contributed by atoms with E-state index in [1.165, 1.54) is 0 Å². The van der Waals surface area contributed by atoms with Crippen molar-refractivity contribution in [2.75, 3.05) is 26.2 Å². The zero-order valence-corrected chi connectivity index (χ0v) is 7.99. The maximum absolute atomic E-state index is 11.7. The van der Waals surface area contributed by atoms with E-state index in [0.717, 1.165) is 25.9 Å². The minimum atomic E-state index is 0.0153. The van der Waals surface area contributed by atoms with Gasteiger partial charge in [0.05, 0.1) is 6.07 Å². The Bertz CT molecular complexity index is 215. The highest BCUT2D eigenvalue weighted by Crippen LogP contribution is 2.10. The van der Waals surface area contributed by atoms with Crippen LogP contribution in [0.2, 0.25) is 0 Å². The van der Waals surface area contributed by atoms with E-state index in [1.54, 1.807) is 4.90 Å². The molecule has 4 heteroatoms. The Hall–Kier alpha value is -1.24. The fourth-order valence-corrected chi connectivity index (χ4v) is 1.51. The van der Waals surface area contributed by atoms with Crippen LogP contribution in [0.1, 0.15) is 19.8 Å². The van der Waals surface area contributed by atoms with Crippen LogP contribution < -0.4 is 0 Å². The SMILES string of the molecule is CCN(CC#N)C(=O)N1CCCC1. The van der Waals surface area contributed by atoms with Gasteiger partial charge in [-0.15, -0.1) is 0 Å². The summed E-state index contributed by atoms with van der Waals surface area (Å²) in [4.78, 5) is 15.1. The highest BCUT2D eigenvalue weighted by atomic mass is 16.2. The van der Waals surface area contributed by atoms with Gasteiger partial charge in [0.1, 0.15) is 6.54 Å². The largest absolute Gasteiger partial charge is 0.325 e. The average molecular weight is 181 g/mol. The summed E-state index contributed by atoms with van der Waals surface area (Å²) in [5.41, 5.74) is 0. The van der Waals surface area contributed by atoms with Crippen molar-refractivity contribution in [3.8, 4) is 6.07 Å². The number of rotatable bonds is 2. The number of hydrogen-bond acceptors (Lipinski definition) is 2. The maximum atomic E-state index is 11.7. The van der Waals surface area contributed by atoms with E-state index in [0.29, 0.717) is 6.54 Å². The molecule has 1 rings (SSSR count). The van der Waals surface area contributed by atoms with Gasteiger partial charge in [0, 0.05) is 19.6 Å². The number of nitriles is 1. The van der Waals surface area contributed by atoms with E-state index in [1.807, 2.05) is 17.9 Å². The summed E-state index contributed by atoms with van der Waals surface area (Å²) >= 11 is 0. The molecule has 0 unspecified atom stereocenters. The van der Waals surface area contributed by atoms with Crippen molar-refractivity contribution in [2.24, 2.45) is 0 Å². The highest BCUT2D eigenvalue weighted by Gasteiger charge is 2.21. The average Bonchev–Trinajstić information content (AvgIpc) is 2.65. The molecule has 1 fully saturated rings. The van der Waals surface area contributed by atoms with Crippen molar-refractivity contribution in [3.63, 3.8) is 0 Å². The molecule has 0 aromatic carbocycles. The van der Waals surface area contributed by atoms with Crippen molar-refractivity contribution in [1.82, 2.24) is 9.80 Å². The molecule has 0 spiro atoms. The van der Waals surface area contributed by atoms with Gasteiger partial charge in [0.15, 0.2) is 0 Å². The Kier molecular flexibility index (Phi) is 3.56. The second-order valence-electron chi connectivity index (χ2n) is 3.15. The van der Waals surface area contributed by atoms with Crippen molar-refractivity contribution in [2.45, 2.75) is 19.8 Å². The van der Waals surface area contributed by atoms with Gasteiger partial charge in [-0.1, -0.05) is 0 Å². The molecule has 0 bridgehead atoms. The van der Waals surface area contributed by atoms with Crippen LogP contribution in [-0.4, -0.2) is 42.0 Å². The molecule has 2 amide bonds. The van der Waals surface area contributed by atoms with Gasteiger partial charge in [-0.05, 0) is 19.8 Å². The Morgan fingerprint density at radius 2 is 2.15 bits per heavy atom. The molecule has 0 radical (unpaired) electrons. The number of urea groups is 1. The second kappa shape index (κ2) is 4.70. The van der Waals surface area contributed by atoms with Gasteiger partial charge in [-0.25, -0.2) is 4.79 Å². The Morgan fingerprint density at radius 1 is 1.54 bits per heavy atom. The molecule has 72 valence electrons. The van der Waals surface area contributed by atoms with E-state index in [2.05, 4.69) is 0 Å². The molecule has 0 atom stereocenters. The number of amides is 2. The number of carbonyl (C=O) groups excluding carboxylic acids is 1. The molecule has 0 saturated carbocycles. The van der Waals surface area contributed by atoms with Gasteiger partial charge in [-0.3, -0.25) is 0 Å². The normalized spacial score (nSPS) is 15.5. The summed E-state index contributed by atoms with van der Waals surface area (Å²) in [5.74, 6) is 0. The van der Waals surface area contributed by atoms with Gasteiger partial charge >= 0.3 is 6.03 Å². The molecule has 0 aliphatic carbocycles. The van der Waals surface area contributed by atoms with Crippen molar-refractivity contribution in [1.29, 1.82) is 5.26 Å². The number of hydrogen-bond donors (Lipinski definition) is 0. The summed E-state index contributed by atoms with van der Waals surface area (Å²) in [6.45, 7) is 4.40. The third kappa shape index (κ3) is 2.35. The monoisotopic (exact) mass is 181 g/mol. The second-order valence-corrected chi connectivity index (χ2v) is 3.15. The molecule has 0 N–H and O–H groups in total. The zero-order chi connectivity index (χ0) is 9.68. The number of nitrogens with zero attached hydrogens (tertiary/aromatic N) is 3. The first kappa shape index (κ1) is 9.85. The summed E-state index contributed by atoms with van der Waals surface area (Å²) in [6.07, 6.45) is 2.19. The van der Waals surface area contributed by atoms with E-state index in [4.69, 9.17) is 5.26 Å². The summed E-state index contributed by atoms with van der Waals surface area (Å²) in [7, 11) is 0. The van der Waals surface area contributed by atoms with E-state index < -0.39 is 0 Å². The predicted molar refractivity (Wildman–Crippen MR) is 49.1 cm³/mol. The molecule has 0 aromatic rings. The molecule has 1 aliphatic heterocycles. The standard InChI is InChI=1S/C9H15N3O/c1-2-11(8-5-10)9(13)12-6-3-4-7-12/h2-4,6-8H2,1H3. The van der Waals surface area contributed by atoms with Crippen LogP contribution in [-0.2, 0) is 0 Å². The molecule has 4 nitrogen and oxygen atoms in total. The molecule has 13 heavy (non-hydrogen) atoms. The molecule has 1 aliphatic rings. The molecule has 0 aromatic heterocycles. The summed E-state index contributed by atoms with van der Waals surface area (Å²) in [5, 5.41) is 8.50. The van der Waals surface area contributed by atoms with E-state index in [9.17, 15) is 4.79 Å². The minimum Gasteiger partial charge on any atom is -0.325 e. The molecule has 1 saturated heterocycles. The van der Waals surface area contributed by atoms with Crippen LogP contribution >= 0.6 is 0 Å². The van der Waals surface area contributed by atoms with E-state index in [-0.39, 0.29) is 12.6 Å². The zero-order valence-electron chi connectivity index (χ0n) is 7.99. The van der Waals surface area contributed by atoms with Crippen molar-refractivity contribution in [3.05, 3.63) is 0 Å². The minimum absolute atomic E-state index is 0.0153. The van der Waals surface area contributed by atoms with E-state index >= 15 is 0 Å². The van der Waals surface area contributed by atoms with Crippen LogP contribution in [0.3, 0.4) is 0 Å². The van der Waals surface area contributed by atoms with Crippen LogP contribution in [0.15, 0.2) is 0 Å². The predicted octanol–water partition coefficient (Wildman–Crippen LogP) is 1.05. The van der Waals surface area contributed by atoms with Crippen LogP contribution in [0, 0.1) is 11.3 Å². The van der Waals surface area contributed by atoms with Crippen molar-refractivity contribution < 1.29 is 4.79 Å². The summed E-state index contributed by atoms with van der Waals surface area (Å²) < 4.78 is 0. The lowest BCUT2D eigenvalue weighted by Crippen LogP contribution is -2.41. The first-order valence-corrected chi connectivity index (χ1v) is 4.70. The van der Waals surface area contributed by atoms with Gasteiger partial charge in [0.25, 0.3) is 0 Å². The Labute approximate surface area is 78.7 Å². The molecular formula is C9H15N3O. The smallest absolute Gasteiger partial charge is 0.320 e. The Balaban J connectivity index is 2.48. The van der Waals surface area contributed by atoms with Gasteiger partial charge < -0.3 is 9.80 Å². The topological polar surface area (TPSA) is 47.3 Å². The van der Waals surface area contributed by atoms with Crippen LogP contribution in [0.4, 0.5) is 4.79 Å². The maximum Gasteiger partial charge on any atom is 0.320 e. The first-order valence-electron chi connectivity index (χ1n) is 4.70. The highest BCUT2D eigenvalue weighted by molar-refractivity contribution is 5.74. The van der Waals surface area contributed by atoms with Gasteiger partial charge in [-0.2, -0.15) is 5.26 Å². The van der Waals surface area contributed by atoms with Crippen LogP contribution in [0.25, 0.3) is 0 Å². The fraction of sp³-hybridized carbons (Fsp3) is 0.778. The quantitative estimate of drug-likeness (QED) is 0.598. The number of carbonyl (C=O) groups is 1. The summed E-state index contributed by atoms with van der Waals surface area (Å²) in [6, 6.07) is 2.02. The Morgan fingerprint density at radius 3 is 2.62 bits per heavy atom. The van der Waals surface area contributed by atoms with Crippen molar-refractivity contribution >= 4 is 6.03 Å². The lowest BCUT2D eigenvalue weighted by molar-refractivity contribution is 0.170. The fourth-order valence-electron chi connectivity index (χ4n) is 1.51. The lowest BCUT2D eigenvalue weighted by atomic mass is 10.4. The van der Waals surface area contributed by atoms with Gasteiger partial charge in [0.2, 0.25) is 0 Å².